The highest BCUT2D eigenvalue weighted by Crippen LogP contribution is 2.17. The maximum absolute atomic E-state index is 11.7. The Morgan fingerprint density at radius 3 is 2.88 bits per heavy atom. The molecule has 1 aromatic rings. The molecule has 0 saturated heterocycles. The third-order valence-electron chi connectivity index (χ3n) is 2.96. The number of rotatable bonds is 2. The monoisotopic (exact) mass is 222 g/mol. The molecule has 0 amide bonds. The molecule has 0 saturated carbocycles. The Hall–Kier alpha value is -1.65. The first-order valence-electron chi connectivity index (χ1n) is 5.44. The zero-order chi connectivity index (χ0) is 11.7. The topological polar surface area (TPSA) is 72.2 Å². The van der Waals surface area contributed by atoms with Crippen LogP contribution >= 0.6 is 0 Å². The van der Waals surface area contributed by atoms with E-state index in [1.54, 1.807) is 0 Å². The predicted octanol–water partition coefficient (Wildman–Crippen LogP) is 0.768. The molecule has 0 bridgehead atoms. The Morgan fingerprint density at radius 1 is 1.50 bits per heavy atom. The lowest BCUT2D eigenvalue weighted by molar-refractivity contribution is -0.140. The van der Waals surface area contributed by atoms with E-state index in [1.807, 2.05) is 0 Å². The fourth-order valence-electron chi connectivity index (χ4n) is 1.96. The van der Waals surface area contributed by atoms with Gasteiger partial charge < -0.3 is 5.11 Å². The number of aromatic nitrogens is 2. The Balaban J connectivity index is 2.47. The number of aryl methyl sites for hydroxylation is 2. The summed E-state index contributed by atoms with van der Waals surface area (Å²) >= 11 is 0. The highest BCUT2D eigenvalue weighted by atomic mass is 16.4. The standard InChI is InChI=1S/C11H14N2O3/c1-7(11(15)16)13-10(14)6-8-4-2-3-5-9(8)12-13/h6-7H,2-5H2,1H3,(H,15,16)/t7-/m0/s1. The van der Waals surface area contributed by atoms with Crippen LogP contribution in [0.2, 0.25) is 0 Å². The van der Waals surface area contributed by atoms with Crippen LogP contribution in [-0.2, 0) is 17.6 Å². The van der Waals surface area contributed by atoms with Crippen molar-refractivity contribution in [3.05, 3.63) is 27.7 Å². The van der Waals surface area contributed by atoms with Crippen molar-refractivity contribution in [2.24, 2.45) is 0 Å². The van der Waals surface area contributed by atoms with Gasteiger partial charge in [-0.15, -0.1) is 0 Å². The number of carboxylic acid groups (broad SMARTS) is 1. The largest absolute Gasteiger partial charge is 0.480 e. The molecule has 1 N–H and O–H groups in total. The smallest absolute Gasteiger partial charge is 0.328 e. The van der Waals surface area contributed by atoms with Crippen LogP contribution in [0.5, 0.6) is 0 Å². The van der Waals surface area contributed by atoms with Crippen molar-refractivity contribution in [2.45, 2.75) is 38.6 Å². The Labute approximate surface area is 92.7 Å². The number of fused-ring (bicyclic) bond motifs is 1. The maximum atomic E-state index is 11.7. The lowest BCUT2D eigenvalue weighted by Crippen LogP contribution is -2.32. The van der Waals surface area contributed by atoms with Gasteiger partial charge in [0.2, 0.25) is 0 Å². The van der Waals surface area contributed by atoms with Crippen molar-refractivity contribution in [1.29, 1.82) is 0 Å². The number of nitrogens with zero attached hydrogens (tertiary/aromatic N) is 2. The second-order valence-electron chi connectivity index (χ2n) is 4.12. The van der Waals surface area contributed by atoms with E-state index in [0.717, 1.165) is 41.6 Å². The number of hydrogen-bond donors (Lipinski definition) is 1. The number of hydrogen-bond acceptors (Lipinski definition) is 3. The molecule has 5 nitrogen and oxygen atoms in total. The zero-order valence-corrected chi connectivity index (χ0v) is 9.14. The van der Waals surface area contributed by atoms with Crippen LogP contribution in [0.4, 0.5) is 0 Å². The number of aliphatic carboxylic acids is 1. The molecule has 5 heteroatoms. The van der Waals surface area contributed by atoms with E-state index in [-0.39, 0.29) is 5.56 Å². The van der Waals surface area contributed by atoms with Gasteiger partial charge in [-0.25, -0.2) is 9.48 Å². The molecule has 86 valence electrons. The van der Waals surface area contributed by atoms with Gasteiger partial charge in [0.15, 0.2) is 6.04 Å². The lowest BCUT2D eigenvalue weighted by atomic mass is 9.97. The first kappa shape index (κ1) is 10.9. The second-order valence-corrected chi connectivity index (χ2v) is 4.12. The number of carboxylic acids is 1. The molecular weight excluding hydrogens is 208 g/mol. The highest BCUT2D eigenvalue weighted by Gasteiger charge is 2.19. The summed E-state index contributed by atoms with van der Waals surface area (Å²) in [6, 6.07) is 0.626. The molecule has 0 spiro atoms. The fourth-order valence-corrected chi connectivity index (χ4v) is 1.96. The van der Waals surface area contributed by atoms with Crippen LogP contribution in [0.3, 0.4) is 0 Å². The van der Waals surface area contributed by atoms with Crippen LogP contribution in [0.25, 0.3) is 0 Å². The first-order valence-corrected chi connectivity index (χ1v) is 5.44. The van der Waals surface area contributed by atoms with Crippen molar-refractivity contribution in [3.8, 4) is 0 Å². The summed E-state index contributed by atoms with van der Waals surface area (Å²) in [7, 11) is 0. The highest BCUT2D eigenvalue weighted by molar-refractivity contribution is 5.71. The fraction of sp³-hybridized carbons (Fsp3) is 0.545. The molecule has 1 heterocycles. The average Bonchev–Trinajstić information content (AvgIpc) is 2.27. The van der Waals surface area contributed by atoms with Crippen LogP contribution < -0.4 is 5.56 Å². The summed E-state index contributed by atoms with van der Waals surface area (Å²) in [6.07, 6.45) is 3.84. The van der Waals surface area contributed by atoms with Crippen LogP contribution in [0.1, 0.15) is 37.1 Å². The minimum absolute atomic E-state index is 0.324. The summed E-state index contributed by atoms with van der Waals surface area (Å²) < 4.78 is 1.06. The van der Waals surface area contributed by atoms with Crippen LogP contribution in [0, 0.1) is 0 Å². The van der Waals surface area contributed by atoms with Crippen molar-refractivity contribution >= 4 is 5.97 Å². The van der Waals surface area contributed by atoms with Crippen molar-refractivity contribution in [3.63, 3.8) is 0 Å². The normalized spacial score (nSPS) is 16.6. The van der Waals surface area contributed by atoms with Crippen molar-refractivity contribution in [1.82, 2.24) is 9.78 Å². The zero-order valence-electron chi connectivity index (χ0n) is 9.14. The van der Waals surface area contributed by atoms with Gasteiger partial charge in [-0.2, -0.15) is 5.10 Å². The van der Waals surface area contributed by atoms with Crippen LogP contribution in [0.15, 0.2) is 10.9 Å². The Bertz CT molecular complexity index is 479. The third-order valence-corrected chi connectivity index (χ3v) is 2.96. The molecule has 16 heavy (non-hydrogen) atoms. The van der Waals surface area contributed by atoms with E-state index in [9.17, 15) is 9.59 Å². The Kier molecular flexibility index (Phi) is 2.77. The van der Waals surface area contributed by atoms with Gasteiger partial charge in [0, 0.05) is 6.07 Å². The van der Waals surface area contributed by atoms with Crippen molar-refractivity contribution < 1.29 is 9.90 Å². The summed E-state index contributed by atoms with van der Waals surface area (Å²) in [5, 5.41) is 13.0. The van der Waals surface area contributed by atoms with Gasteiger partial charge in [0.25, 0.3) is 5.56 Å². The summed E-state index contributed by atoms with van der Waals surface area (Å²) in [5.41, 5.74) is 1.53. The predicted molar refractivity (Wildman–Crippen MR) is 57.5 cm³/mol. The van der Waals surface area contributed by atoms with Gasteiger partial charge in [0.05, 0.1) is 5.69 Å². The molecule has 1 atom stereocenters. The molecule has 1 aliphatic carbocycles. The van der Waals surface area contributed by atoms with Gasteiger partial charge >= 0.3 is 5.97 Å². The molecular formula is C11H14N2O3. The average molecular weight is 222 g/mol. The van der Waals surface area contributed by atoms with Crippen molar-refractivity contribution in [2.75, 3.05) is 0 Å². The quantitative estimate of drug-likeness (QED) is 0.802. The summed E-state index contributed by atoms with van der Waals surface area (Å²) in [4.78, 5) is 22.5. The second kappa shape index (κ2) is 4.08. The van der Waals surface area contributed by atoms with Gasteiger partial charge in [0.1, 0.15) is 0 Å². The SMILES string of the molecule is C[C@@H](C(=O)O)n1nc2c(cc1=O)CCCC2. The molecule has 0 aromatic carbocycles. The molecule has 1 aromatic heterocycles. The van der Waals surface area contributed by atoms with E-state index in [2.05, 4.69) is 5.10 Å². The van der Waals surface area contributed by atoms with E-state index >= 15 is 0 Å². The molecule has 0 aliphatic heterocycles. The van der Waals surface area contributed by atoms with Gasteiger partial charge in [-0.05, 0) is 38.2 Å². The van der Waals surface area contributed by atoms with Gasteiger partial charge in [-0.3, -0.25) is 4.79 Å². The molecule has 1 aliphatic rings. The van der Waals surface area contributed by atoms with E-state index in [4.69, 9.17) is 5.11 Å². The molecule has 0 unspecified atom stereocenters. The van der Waals surface area contributed by atoms with Gasteiger partial charge in [-0.1, -0.05) is 0 Å². The molecule has 0 fully saturated rings. The summed E-state index contributed by atoms with van der Waals surface area (Å²) in [5.74, 6) is -1.04. The molecule has 0 radical (unpaired) electrons. The first-order chi connectivity index (χ1) is 7.59. The number of carbonyl (C=O) groups is 1. The third kappa shape index (κ3) is 1.85. The Morgan fingerprint density at radius 2 is 2.19 bits per heavy atom. The lowest BCUT2D eigenvalue weighted by Gasteiger charge is -2.17. The van der Waals surface area contributed by atoms with E-state index in [0.29, 0.717) is 0 Å². The van der Waals surface area contributed by atoms with E-state index < -0.39 is 12.0 Å². The molecule has 2 rings (SSSR count). The van der Waals surface area contributed by atoms with Crippen LogP contribution in [-0.4, -0.2) is 20.9 Å². The minimum Gasteiger partial charge on any atom is -0.480 e. The minimum atomic E-state index is -1.04. The van der Waals surface area contributed by atoms with E-state index in [1.165, 1.54) is 13.0 Å². The summed E-state index contributed by atoms with van der Waals surface area (Å²) in [6.45, 7) is 1.46. The maximum Gasteiger partial charge on any atom is 0.328 e.